The van der Waals surface area contributed by atoms with Crippen molar-refractivity contribution in [3.05, 3.63) is 71.3 Å². The van der Waals surface area contributed by atoms with Crippen LogP contribution in [0, 0.1) is 0 Å². The highest BCUT2D eigenvalue weighted by Crippen LogP contribution is 2.31. The predicted octanol–water partition coefficient (Wildman–Crippen LogP) is 3.16. The van der Waals surface area contributed by atoms with E-state index >= 15 is 0 Å². The first-order chi connectivity index (χ1) is 13.4. The number of nitrogens with zero attached hydrogens (tertiary/aromatic N) is 2. The lowest BCUT2D eigenvalue weighted by molar-refractivity contribution is 0.392. The summed E-state index contributed by atoms with van der Waals surface area (Å²) < 4.78 is 41.2. The number of sulfonamides is 1. The summed E-state index contributed by atoms with van der Waals surface area (Å²) in [4.78, 5) is 4.32. The van der Waals surface area contributed by atoms with Gasteiger partial charge in [0.2, 0.25) is 10.0 Å². The van der Waals surface area contributed by atoms with Gasteiger partial charge in [-0.15, -0.1) is 0 Å². The van der Waals surface area contributed by atoms with Crippen molar-refractivity contribution in [2.45, 2.75) is 10.9 Å². The van der Waals surface area contributed by atoms with E-state index in [4.69, 9.17) is 21.1 Å². The van der Waals surface area contributed by atoms with Crippen molar-refractivity contribution in [1.29, 1.82) is 0 Å². The van der Waals surface area contributed by atoms with Gasteiger partial charge in [-0.2, -0.15) is 4.72 Å². The topological polar surface area (TPSA) is 82.4 Å². The van der Waals surface area contributed by atoms with E-state index in [2.05, 4.69) is 9.71 Å². The highest BCUT2D eigenvalue weighted by molar-refractivity contribution is 7.89. The van der Waals surface area contributed by atoms with Crippen LogP contribution in [0.15, 0.2) is 59.8 Å². The van der Waals surface area contributed by atoms with Gasteiger partial charge in [0.15, 0.2) is 0 Å². The highest BCUT2D eigenvalue weighted by Gasteiger charge is 2.28. The lowest BCUT2D eigenvalue weighted by Gasteiger charge is -2.21. The summed E-state index contributed by atoms with van der Waals surface area (Å²) in [6.07, 6.45) is 3.34. The Morgan fingerprint density at radius 1 is 1.11 bits per heavy atom. The van der Waals surface area contributed by atoms with E-state index in [9.17, 15) is 8.42 Å². The molecule has 0 aliphatic heterocycles. The number of nitrogens with one attached hydrogen (secondary N) is 1. The molecular formula is C19H20ClN3O4S. The van der Waals surface area contributed by atoms with Gasteiger partial charge in [-0.3, -0.25) is 0 Å². The minimum Gasteiger partial charge on any atom is -0.497 e. The van der Waals surface area contributed by atoms with Crippen molar-refractivity contribution in [1.82, 2.24) is 14.3 Å². The predicted molar refractivity (Wildman–Crippen MR) is 106 cm³/mol. The van der Waals surface area contributed by atoms with Crippen LogP contribution in [-0.4, -0.2) is 32.2 Å². The van der Waals surface area contributed by atoms with Gasteiger partial charge in [0.1, 0.15) is 28.3 Å². The monoisotopic (exact) mass is 421 g/mol. The molecule has 0 spiro atoms. The Labute approximate surface area is 168 Å². The molecule has 9 heteroatoms. The zero-order valence-electron chi connectivity index (χ0n) is 15.6. The minimum absolute atomic E-state index is 0.00858. The summed E-state index contributed by atoms with van der Waals surface area (Å²) in [6, 6.07) is 10.7. The summed E-state index contributed by atoms with van der Waals surface area (Å²) in [6.45, 7) is 0. The van der Waals surface area contributed by atoms with Crippen LogP contribution in [0.4, 0.5) is 0 Å². The number of benzene rings is 2. The van der Waals surface area contributed by atoms with Crippen molar-refractivity contribution in [3.63, 3.8) is 0 Å². The SMILES string of the molecule is COc1cc(OC)cc(C(NS(=O)(=O)c2ccccc2Cl)c2nccn2C)c1. The third kappa shape index (κ3) is 4.14. The Morgan fingerprint density at radius 3 is 2.29 bits per heavy atom. The molecule has 0 saturated carbocycles. The van der Waals surface area contributed by atoms with E-state index < -0.39 is 16.1 Å². The van der Waals surface area contributed by atoms with Gasteiger partial charge in [-0.05, 0) is 29.8 Å². The van der Waals surface area contributed by atoms with E-state index in [0.29, 0.717) is 22.9 Å². The number of methoxy groups -OCH3 is 2. The molecule has 3 aromatic rings. The molecule has 3 rings (SSSR count). The van der Waals surface area contributed by atoms with Crippen molar-refractivity contribution >= 4 is 21.6 Å². The fourth-order valence-electron chi connectivity index (χ4n) is 2.80. The molecular weight excluding hydrogens is 402 g/mol. The smallest absolute Gasteiger partial charge is 0.243 e. The Morgan fingerprint density at radius 2 is 1.75 bits per heavy atom. The minimum atomic E-state index is -3.94. The molecule has 0 saturated heterocycles. The van der Waals surface area contributed by atoms with Gasteiger partial charge in [0.05, 0.1) is 19.2 Å². The number of hydrogen-bond donors (Lipinski definition) is 1. The first-order valence-electron chi connectivity index (χ1n) is 8.32. The molecule has 0 aliphatic carbocycles. The molecule has 2 aromatic carbocycles. The van der Waals surface area contributed by atoms with Crippen LogP contribution in [0.25, 0.3) is 0 Å². The number of hydrogen-bond acceptors (Lipinski definition) is 5. The molecule has 1 heterocycles. The summed E-state index contributed by atoms with van der Waals surface area (Å²) >= 11 is 6.11. The van der Waals surface area contributed by atoms with Gasteiger partial charge in [-0.25, -0.2) is 13.4 Å². The largest absolute Gasteiger partial charge is 0.497 e. The third-order valence-corrected chi connectivity index (χ3v) is 6.15. The van der Waals surface area contributed by atoms with E-state index in [-0.39, 0.29) is 9.92 Å². The molecule has 1 unspecified atom stereocenters. The Balaban J connectivity index is 2.12. The number of imidazole rings is 1. The van der Waals surface area contributed by atoms with E-state index in [1.807, 2.05) is 0 Å². The van der Waals surface area contributed by atoms with Gasteiger partial charge in [0.25, 0.3) is 0 Å². The second kappa shape index (κ2) is 8.22. The quantitative estimate of drug-likeness (QED) is 0.633. The summed E-state index contributed by atoms with van der Waals surface area (Å²) in [5.74, 6) is 1.57. The number of rotatable bonds is 7. The second-order valence-electron chi connectivity index (χ2n) is 6.03. The first-order valence-corrected chi connectivity index (χ1v) is 10.2. The van der Waals surface area contributed by atoms with Crippen LogP contribution in [0.3, 0.4) is 0 Å². The zero-order valence-corrected chi connectivity index (χ0v) is 17.2. The number of aromatic nitrogens is 2. The molecule has 148 valence electrons. The molecule has 1 atom stereocenters. The highest BCUT2D eigenvalue weighted by atomic mass is 35.5. The van der Waals surface area contributed by atoms with Crippen LogP contribution >= 0.6 is 11.6 Å². The summed E-state index contributed by atoms with van der Waals surface area (Å²) in [5, 5.41) is 0.136. The molecule has 1 aromatic heterocycles. The van der Waals surface area contributed by atoms with Crippen LogP contribution in [0.2, 0.25) is 5.02 Å². The average molecular weight is 422 g/mol. The summed E-state index contributed by atoms with van der Waals surface area (Å²) in [5.41, 5.74) is 0.612. The van der Waals surface area contributed by atoms with E-state index in [0.717, 1.165) is 0 Å². The van der Waals surface area contributed by atoms with Crippen molar-refractivity contribution in [2.75, 3.05) is 14.2 Å². The fraction of sp³-hybridized carbons (Fsp3) is 0.211. The Hall–Kier alpha value is -2.55. The lowest BCUT2D eigenvalue weighted by Crippen LogP contribution is -2.31. The zero-order chi connectivity index (χ0) is 20.3. The molecule has 28 heavy (non-hydrogen) atoms. The number of halogens is 1. The Bertz CT molecular complexity index is 1060. The van der Waals surface area contributed by atoms with Gasteiger partial charge < -0.3 is 14.0 Å². The summed E-state index contributed by atoms with van der Waals surface area (Å²) in [7, 11) is 0.911. The molecule has 0 aliphatic rings. The van der Waals surface area contributed by atoms with Gasteiger partial charge in [-0.1, -0.05) is 23.7 Å². The lowest BCUT2D eigenvalue weighted by atomic mass is 10.1. The normalized spacial score (nSPS) is 12.6. The van der Waals surface area contributed by atoms with Crippen LogP contribution in [-0.2, 0) is 17.1 Å². The maximum atomic E-state index is 13.1. The van der Waals surface area contributed by atoms with Gasteiger partial charge in [0, 0.05) is 25.5 Å². The maximum Gasteiger partial charge on any atom is 0.243 e. The number of aryl methyl sites for hydroxylation is 1. The van der Waals surface area contributed by atoms with Crippen LogP contribution in [0.1, 0.15) is 17.4 Å². The van der Waals surface area contributed by atoms with Crippen molar-refractivity contribution in [3.8, 4) is 11.5 Å². The molecule has 0 bridgehead atoms. The van der Waals surface area contributed by atoms with Crippen molar-refractivity contribution in [2.24, 2.45) is 7.05 Å². The molecule has 0 fully saturated rings. The van der Waals surface area contributed by atoms with Gasteiger partial charge >= 0.3 is 0 Å². The molecule has 0 radical (unpaired) electrons. The van der Waals surface area contributed by atoms with Crippen LogP contribution in [0.5, 0.6) is 11.5 Å². The number of ether oxygens (including phenoxy) is 2. The van der Waals surface area contributed by atoms with E-state index in [1.165, 1.54) is 26.4 Å². The fourth-order valence-corrected chi connectivity index (χ4v) is 4.50. The first kappa shape index (κ1) is 20.2. The van der Waals surface area contributed by atoms with Crippen molar-refractivity contribution < 1.29 is 17.9 Å². The van der Waals surface area contributed by atoms with E-state index in [1.54, 1.807) is 54.3 Å². The average Bonchev–Trinajstić information content (AvgIpc) is 3.11. The third-order valence-electron chi connectivity index (χ3n) is 4.22. The molecule has 7 nitrogen and oxygen atoms in total. The van der Waals surface area contributed by atoms with Crippen LogP contribution < -0.4 is 14.2 Å². The second-order valence-corrected chi connectivity index (χ2v) is 8.12. The maximum absolute atomic E-state index is 13.1. The molecule has 1 N–H and O–H groups in total. The Kier molecular flexibility index (Phi) is 5.93. The molecule has 0 amide bonds. The standard InChI is InChI=1S/C19H20ClN3O4S/c1-23-9-8-21-19(23)18(13-10-14(26-2)12-15(11-13)27-3)22-28(24,25)17-7-5-4-6-16(17)20/h4-12,18,22H,1-3H3.